The van der Waals surface area contributed by atoms with E-state index in [2.05, 4.69) is 11.4 Å². The summed E-state index contributed by atoms with van der Waals surface area (Å²) in [6.45, 7) is 7.32. The van der Waals surface area contributed by atoms with Crippen LogP contribution in [0.3, 0.4) is 0 Å². The number of thioether (sulfide) groups is 1. The fourth-order valence-corrected chi connectivity index (χ4v) is 3.12. The van der Waals surface area contributed by atoms with Gasteiger partial charge in [0, 0.05) is 6.42 Å². The number of carbonyl (C=O) groups is 2. The van der Waals surface area contributed by atoms with E-state index in [1.807, 2.05) is 43.3 Å². The summed E-state index contributed by atoms with van der Waals surface area (Å²) >= 11 is 1.21. The molecule has 0 aliphatic rings. The Kier molecular flexibility index (Phi) is 6.48. The van der Waals surface area contributed by atoms with Gasteiger partial charge in [0.25, 0.3) is 0 Å². The molecule has 0 aliphatic carbocycles. The zero-order chi connectivity index (χ0) is 18.4. The van der Waals surface area contributed by atoms with Crippen LogP contribution in [-0.4, -0.2) is 28.6 Å². The van der Waals surface area contributed by atoms with Gasteiger partial charge in [-0.3, -0.25) is 4.79 Å². The molecule has 0 bridgehead atoms. The Balaban J connectivity index is 2.16. The zero-order valence-corrected chi connectivity index (χ0v) is 16.0. The minimum Gasteiger partial charge on any atom is -0.444 e. The number of nitrogens with one attached hydrogen (secondary N) is 1. The molecule has 0 unspecified atom stereocenters. The molecule has 1 N–H and O–H groups in total. The van der Waals surface area contributed by atoms with Crippen LogP contribution >= 0.6 is 11.8 Å². The summed E-state index contributed by atoms with van der Waals surface area (Å²) in [5, 5.41) is 4.94. The number of carbonyl (C=O) groups excluding carboxylic acids is 2. The second kappa shape index (κ2) is 8.39. The largest absolute Gasteiger partial charge is 0.444 e. The number of ether oxygens (including phenoxy) is 1. The molecule has 0 aromatic heterocycles. The first kappa shape index (κ1) is 19.3. The zero-order valence-electron chi connectivity index (χ0n) is 15.2. The molecule has 0 fully saturated rings. The maximum atomic E-state index is 12.4. The number of hydrogen-bond acceptors (Lipinski definition) is 4. The van der Waals surface area contributed by atoms with Crippen molar-refractivity contribution in [1.29, 1.82) is 0 Å². The van der Waals surface area contributed by atoms with Crippen molar-refractivity contribution in [2.75, 3.05) is 5.75 Å². The van der Waals surface area contributed by atoms with E-state index in [1.54, 1.807) is 20.8 Å². The average molecular weight is 359 g/mol. The highest BCUT2D eigenvalue weighted by Gasteiger charge is 2.24. The molecule has 2 aromatic rings. The highest BCUT2D eigenvalue weighted by Crippen LogP contribution is 2.18. The monoisotopic (exact) mass is 359 g/mol. The minimum absolute atomic E-state index is 0.0542. The van der Waals surface area contributed by atoms with Gasteiger partial charge >= 0.3 is 6.09 Å². The van der Waals surface area contributed by atoms with Crippen molar-refractivity contribution < 1.29 is 14.3 Å². The molecule has 2 rings (SSSR count). The van der Waals surface area contributed by atoms with Crippen LogP contribution in [0.25, 0.3) is 10.8 Å². The second-order valence-corrected chi connectivity index (χ2v) is 8.10. The van der Waals surface area contributed by atoms with Gasteiger partial charge < -0.3 is 10.1 Å². The predicted octanol–water partition coefficient (Wildman–Crippen LogP) is 4.56. The molecule has 0 spiro atoms. The van der Waals surface area contributed by atoms with Crippen LogP contribution in [0.5, 0.6) is 0 Å². The maximum Gasteiger partial charge on any atom is 0.408 e. The number of benzene rings is 2. The molecule has 2 aromatic carbocycles. The van der Waals surface area contributed by atoms with Gasteiger partial charge in [-0.1, -0.05) is 61.2 Å². The lowest BCUT2D eigenvalue weighted by Gasteiger charge is -2.23. The lowest BCUT2D eigenvalue weighted by atomic mass is 10.0. The van der Waals surface area contributed by atoms with Crippen molar-refractivity contribution in [1.82, 2.24) is 5.32 Å². The van der Waals surface area contributed by atoms with Crippen molar-refractivity contribution in [3.63, 3.8) is 0 Å². The number of hydrogen-bond donors (Lipinski definition) is 1. The van der Waals surface area contributed by atoms with Crippen LogP contribution in [0, 0.1) is 0 Å². The molecule has 1 atom stereocenters. The highest BCUT2D eigenvalue weighted by molar-refractivity contribution is 8.13. The van der Waals surface area contributed by atoms with E-state index in [4.69, 9.17) is 4.74 Å². The van der Waals surface area contributed by atoms with Gasteiger partial charge in [-0.25, -0.2) is 4.79 Å². The first-order valence-corrected chi connectivity index (χ1v) is 9.41. The van der Waals surface area contributed by atoms with Gasteiger partial charge in [-0.15, -0.1) is 0 Å². The summed E-state index contributed by atoms with van der Waals surface area (Å²) in [6, 6.07) is 13.6. The quantitative estimate of drug-likeness (QED) is 0.850. The molecule has 0 radical (unpaired) electrons. The summed E-state index contributed by atoms with van der Waals surface area (Å²) in [7, 11) is 0. The number of amides is 1. The van der Waals surface area contributed by atoms with Crippen molar-refractivity contribution in [2.45, 2.75) is 45.8 Å². The minimum atomic E-state index is -0.610. The fourth-order valence-electron chi connectivity index (χ4n) is 2.49. The van der Waals surface area contributed by atoms with E-state index < -0.39 is 17.7 Å². The summed E-state index contributed by atoms with van der Waals surface area (Å²) in [5.41, 5.74) is 0.406. The Morgan fingerprint density at radius 2 is 1.80 bits per heavy atom. The molecule has 4 nitrogen and oxygen atoms in total. The van der Waals surface area contributed by atoms with E-state index in [0.29, 0.717) is 12.2 Å². The van der Waals surface area contributed by atoms with Gasteiger partial charge in [0.05, 0.1) is 0 Å². The molecular formula is C20H25NO3S. The normalized spacial score (nSPS) is 12.6. The SMILES string of the molecule is CCSC(=O)[C@@H](Cc1ccc2ccccc2c1)NC(=O)OC(C)(C)C. The number of rotatable bonds is 5. The van der Waals surface area contributed by atoms with Crippen molar-refractivity contribution >= 4 is 33.7 Å². The Bertz CT molecular complexity index is 752. The summed E-state index contributed by atoms with van der Waals surface area (Å²) in [6.07, 6.45) is -0.126. The van der Waals surface area contributed by atoms with E-state index in [9.17, 15) is 9.59 Å². The molecular weight excluding hydrogens is 334 g/mol. The van der Waals surface area contributed by atoms with Crippen molar-refractivity contribution in [3.8, 4) is 0 Å². The summed E-state index contributed by atoms with van der Waals surface area (Å²) in [5.74, 6) is 0.670. The second-order valence-electron chi connectivity index (χ2n) is 6.84. The standard InChI is InChI=1S/C20H25NO3S/c1-5-25-18(22)17(21-19(23)24-20(2,3)4)13-14-10-11-15-8-6-7-9-16(15)12-14/h6-12,17H,5,13H2,1-4H3,(H,21,23)/t17-/m1/s1. The molecule has 25 heavy (non-hydrogen) atoms. The summed E-state index contributed by atoms with van der Waals surface area (Å²) in [4.78, 5) is 24.5. The van der Waals surface area contributed by atoms with E-state index in [-0.39, 0.29) is 5.12 Å². The van der Waals surface area contributed by atoms with Gasteiger partial charge in [-0.05, 0) is 42.9 Å². The van der Waals surface area contributed by atoms with E-state index in [1.165, 1.54) is 11.8 Å². The van der Waals surface area contributed by atoms with Gasteiger partial charge in [0.1, 0.15) is 11.6 Å². The van der Waals surface area contributed by atoms with Crippen LogP contribution in [0.2, 0.25) is 0 Å². The molecule has 1 amide bonds. The van der Waals surface area contributed by atoms with Crippen LogP contribution < -0.4 is 5.32 Å². The Morgan fingerprint density at radius 1 is 1.12 bits per heavy atom. The van der Waals surface area contributed by atoms with Crippen LogP contribution in [0.4, 0.5) is 4.79 Å². The third kappa shape index (κ3) is 6.09. The van der Waals surface area contributed by atoms with E-state index >= 15 is 0 Å². The Morgan fingerprint density at radius 3 is 2.44 bits per heavy atom. The van der Waals surface area contributed by atoms with Gasteiger partial charge in [0.15, 0.2) is 0 Å². The third-order valence-corrected chi connectivity index (χ3v) is 4.37. The van der Waals surface area contributed by atoms with Crippen molar-refractivity contribution in [2.24, 2.45) is 0 Å². The smallest absolute Gasteiger partial charge is 0.408 e. The maximum absolute atomic E-state index is 12.4. The van der Waals surface area contributed by atoms with Gasteiger partial charge in [0.2, 0.25) is 5.12 Å². The summed E-state index contributed by atoms with van der Waals surface area (Å²) < 4.78 is 5.29. The lowest BCUT2D eigenvalue weighted by Crippen LogP contribution is -2.43. The molecule has 134 valence electrons. The van der Waals surface area contributed by atoms with Crippen LogP contribution in [0.15, 0.2) is 42.5 Å². The molecule has 0 saturated heterocycles. The molecule has 5 heteroatoms. The fraction of sp³-hybridized carbons (Fsp3) is 0.400. The van der Waals surface area contributed by atoms with Gasteiger partial charge in [-0.2, -0.15) is 0 Å². The molecule has 0 saturated carbocycles. The average Bonchev–Trinajstić information content (AvgIpc) is 2.52. The van der Waals surface area contributed by atoms with Crippen LogP contribution in [0.1, 0.15) is 33.3 Å². The third-order valence-electron chi connectivity index (χ3n) is 3.52. The first-order chi connectivity index (χ1) is 11.8. The highest BCUT2D eigenvalue weighted by atomic mass is 32.2. The topological polar surface area (TPSA) is 55.4 Å². The number of fused-ring (bicyclic) bond motifs is 1. The Labute approximate surface area is 153 Å². The first-order valence-electron chi connectivity index (χ1n) is 8.42. The lowest BCUT2D eigenvalue weighted by molar-refractivity contribution is -0.112. The van der Waals surface area contributed by atoms with Crippen molar-refractivity contribution in [3.05, 3.63) is 48.0 Å². The molecule has 0 heterocycles. The predicted molar refractivity (Wildman–Crippen MR) is 104 cm³/mol. The van der Waals surface area contributed by atoms with Crippen LogP contribution in [-0.2, 0) is 16.0 Å². The number of alkyl carbamates (subject to hydrolysis) is 1. The van der Waals surface area contributed by atoms with E-state index in [0.717, 1.165) is 16.3 Å². The Hall–Kier alpha value is -2.01. The molecule has 0 aliphatic heterocycles.